The lowest BCUT2D eigenvalue weighted by molar-refractivity contribution is 0.0896. The van der Waals surface area contributed by atoms with Crippen LogP contribution in [-0.2, 0) is 0 Å². The van der Waals surface area contributed by atoms with E-state index in [1.165, 1.54) is 0 Å². The number of carbonyl (C=O) groups is 1. The second-order valence-electron chi connectivity index (χ2n) is 5.60. The van der Waals surface area contributed by atoms with Crippen molar-refractivity contribution in [3.05, 3.63) is 29.3 Å². The molecule has 2 atom stereocenters. The van der Waals surface area contributed by atoms with Crippen molar-refractivity contribution in [3.8, 4) is 0 Å². The maximum atomic E-state index is 12.2. The number of aryl methyl sites for hydroxylation is 1. The highest BCUT2D eigenvalue weighted by atomic mass is 16.1. The largest absolute Gasteiger partial charge is 0.398 e. The Balaban J connectivity index is 1.99. The normalized spacial score (nSPS) is 24.2. The van der Waals surface area contributed by atoms with Gasteiger partial charge in [-0.3, -0.25) is 4.79 Å². The Morgan fingerprint density at radius 3 is 2.84 bits per heavy atom. The molecule has 19 heavy (non-hydrogen) atoms. The summed E-state index contributed by atoms with van der Waals surface area (Å²) in [6.45, 7) is 5.17. The Morgan fingerprint density at radius 1 is 1.47 bits per heavy atom. The fraction of sp³-hybridized carbons (Fsp3) is 0.533. The number of rotatable bonds is 2. The standard InChI is InChI=1S/C15H23N3O/c1-10-4-5-12(9-14(10)16)15(19)17-13-6-7-18(3)11(2)8-13/h4-5,9,11,13H,6-8,16H2,1-3H3,(H,17,19). The van der Waals surface area contributed by atoms with E-state index in [-0.39, 0.29) is 11.9 Å². The molecule has 1 heterocycles. The average Bonchev–Trinajstić information content (AvgIpc) is 2.37. The summed E-state index contributed by atoms with van der Waals surface area (Å²) in [4.78, 5) is 14.5. The summed E-state index contributed by atoms with van der Waals surface area (Å²) in [5.41, 5.74) is 8.17. The van der Waals surface area contributed by atoms with Crippen molar-refractivity contribution in [3.63, 3.8) is 0 Å². The molecule has 0 saturated carbocycles. The predicted molar refractivity (Wildman–Crippen MR) is 78.2 cm³/mol. The molecule has 0 radical (unpaired) electrons. The molecule has 1 aromatic rings. The van der Waals surface area contributed by atoms with E-state index in [2.05, 4.69) is 24.2 Å². The van der Waals surface area contributed by atoms with E-state index in [0.29, 0.717) is 17.3 Å². The zero-order chi connectivity index (χ0) is 14.0. The summed E-state index contributed by atoms with van der Waals surface area (Å²) in [6, 6.07) is 6.26. The number of anilines is 1. The Labute approximate surface area is 115 Å². The van der Waals surface area contributed by atoms with Crippen LogP contribution in [0.2, 0.25) is 0 Å². The number of nitrogens with one attached hydrogen (secondary N) is 1. The van der Waals surface area contributed by atoms with Crippen LogP contribution in [0.1, 0.15) is 35.7 Å². The van der Waals surface area contributed by atoms with Gasteiger partial charge >= 0.3 is 0 Å². The fourth-order valence-electron chi connectivity index (χ4n) is 2.47. The maximum Gasteiger partial charge on any atom is 0.251 e. The smallest absolute Gasteiger partial charge is 0.251 e. The highest BCUT2D eigenvalue weighted by molar-refractivity contribution is 5.95. The fourth-order valence-corrected chi connectivity index (χ4v) is 2.47. The SMILES string of the molecule is Cc1ccc(C(=O)NC2CCN(C)C(C)C2)cc1N. The van der Waals surface area contributed by atoms with Crippen molar-refractivity contribution in [1.29, 1.82) is 0 Å². The molecule has 1 aliphatic heterocycles. The number of hydrogen-bond donors (Lipinski definition) is 2. The molecule has 1 saturated heterocycles. The van der Waals surface area contributed by atoms with Gasteiger partial charge < -0.3 is 16.0 Å². The van der Waals surface area contributed by atoms with Crippen molar-refractivity contribution in [2.75, 3.05) is 19.3 Å². The molecule has 1 aromatic carbocycles. The van der Waals surface area contributed by atoms with E-state index < -0.39 is 0 Å². The lowest BCUT2D eigenvalue weighted by atomic mass is 9.98. The average molecular weight is 261 g/mol. The van der Waals surface area contributed by atoms with Gasteiger partial charge in [0.2, 0.25) is 0 Å². The van der Waals surface area contributed by atoms with Crippen molar-refractivity contribution >= 4 is 11.6 Å². The van der Waals surface area contributed by atoms with Crippen LogP contribution in [0.4, 0.5) is 5.69 Å². The number of benzene rings is 1. The Kier molecular flexibility index (Phi) is 4.10. The topological polar surface area (TPSA) is 58.4 Å². The number of likely N-dealkylation sites (tertiary alicyclic amines) is 1. The van der Waals surface area contributed by atoms with Crippen LogP contribution in [0.5, 0.6) is 0 Å². The van der Waals surface area contributed by atoms with Crippen LogP contribution < -0.4 is 11.1 Å². The number of piperidine rings is 1. The first-order valence-corrected chi connectivity index (χ1v) is 6.84. The Morgan fingerprint density at radius 2 is 2.21 bits per heavy atom. The summed E-state index contributed by atoms with van der Waals surface area (Å²) in [7, 11) is 2.13. The zero-order valence-corrected chi connectivity index (χ0v) is 11.9. The molecule has 1 fully saturated rings. The minimum atomic E-state index is -0.0200. The highest BCUT2D eigenvalue weighted by Crippen LogP contribution is 2.17. The third kappa shape index (κ3) is 3.26. The van der Waals surface area contributed by atoms with Gasteiger partial charge in [-0.2, -0.15) is 0 Å². The molecule has 2 rings (SSSR count). The molecular weight excluding hydrogens is 238 g/mol. The molecule has 2 unspecified atom stereocenters. The van der Waals surface area contributed by atoms with Gasteiger partial charge in [0.25, 0.3) is 5.91 Å². The molecule has 1 amide bonds. The van der Waals surface area contributed by atoms with Gasteiger partial charge in [-0.1, -0.05) is 6.07 Å². The third-order valence-electron chi connectivity index (χ3n) is 4.08. The van der Waals surface area contributed by atoms with E-state index in [0.717, 1.165) is 24.9 Å². The van der Waals surface area contributed by atoms with Crippen molar-refractivity contribution in [2.24, 2.45) is 0 Å². The van der Waals surface area contributed by atoms with Crippen molar-refractivity contribution in [1.82, 2.24) is 10.2 Å². The van der Waals surface area contributed by atoms with Gasteiger partial charge in [0.15, 0.2) is 0 Å². The molecule has 0 aromatic heterocycles. The van der Waals surface area contributed by atoms with Crippen LogP contribution >= 0.6 is 0 Å². The zero-order valence-electron chi connectivity index (χ0n) is 11.9. The lowest BCUT2D eigenvalue weighted by Crippen LogP contribution is -2.47. The number of nitrogens with zero attached hydrogens (tertiary/aromatic N) is 1. The number of carbonyl (C=O) groups excluding carboxylic acids is 1. The van der Waals surface area contributed by atoms with Crippen molar-refractivity contribution in [2.45, 2.75) is 38.8 Å². The number of nitrogen functional groups attached to an aromatic ring is 1. The molecule has 0 aliphatic carbocycles. The highest BCUT2D eigenvalue weighted by Gasteiger charge is 2.24. The maximum absolute atomic E-state index is 12.2. The number of hydrogen-bond acceptors (Lipinski definition) is 3. The van der Waals surface area contributed by atoms with Crippen molar-refractivity contribution < 1.29 is 4.79 Å². The summed E-state index contributed by atoms with van der Waals surface area (Å²) < 4.78 is 0. The first kappa shape index (κ1) is 13.9. The van der Waals surface area contributed by atoms with E-state index in [4.69, 9.17) is 5.73 Å². The van der Waals surface area contributed by atoms with E-state index in [9.17, 15) is 4.79 Å². The first-order valence-electron chi connectivity index (χ1n) is 6.84. The summed E-state index contributed by atoms with van der Waals surface area (Å²) in [5.74, 6) is -0.0200. The number of nitrogens with two attached hydrogens (primary N) is 1. The molecule has 104 valence electrons. The number of amides is 1. The molecule has 4 nitrogen and oxygen atoms in total. The van der Waals surface area contributed by atoms with E-state index in [1.807, 2.05) is 19.1 Å². The summed E-state index contributed by atoms with van der Waals surface area (Å²) in [6.07, 6.45) is 2.01. The summed E-state index contributed by atoms with van der Waals surface area (Å²) in [5, 5.41) is 3.11. The van der Waals surface area contributed by atoms with Crippen LogP contribution in [0.15, 0.2) is 18.2 Å². The van der Waals surface area contributed by atoms with Crippen LogP contribution in [0.3, 0.4) is 0 Å². The molecule has 4 heteroatoms. The van der Waals surface area contributed by atoms with E-state index in [1.54, 1.807) is 6.07 Å². The minimum Gasteiger partial charge on any atom is -0.398 e. The van der Waals surface area contributed by atoms with Gasteiger partial charge in [0.05, 0.1) is 0 Å². The summed E-state index contributed by atoms with van der Waals surface area (Å²) >= 11 is 0. The van der Waals surface area contributed by atoms with Crippen LogP contribution in [0.25, 0.3) is 0 Å². The quantitative estimate of drug-likeness (QED) is 0.798. The van der Waals surface area contributed by atoms with Gasteiger partial charge in [-0.05, 0) is 51.4 Å². The molecule has 3 N–H and O–H groups in total. The monoisotopic (exact) mass is 261 g/mol. The van der Waals surface area contributed by atoms with E-state index >= 15 is 0 Å². The Hall–Kier alpha value is -1.55. The minimum absolute atomic E-state index is 0.0200. The first-order chi connectivity index (χ1) is 8.97. The van der Waals surface area contributed by atoms with Gasteiger partial charge in [0.1, 0.15) is 0 Å². The molecule has 0 bridgehead atoms. The molecular formula is C15H23N3O. The molecule has 0 spiro atoms. The van der Waals surface area contributed by atoms with Gasteiger partial charge in [-0.25, -0.2) is 0 Å². The predicted octanol–water partition coefficient (Wildman–Crippen LogP) is 1.79. The van der Waals surface area contributed by atoms with Gasteiger partial charge in [-0.15, -0.1) is 0 Å². The second kappa shape index (κ2) is 5.61. The second-order valence-corrected chi connectivity index (χ2v) is 5.60. The van der Waals surface area contributed by atoms with Gasteiger partial charge in [0, 0.05) is 29.9 Å². The van der Waals surface area contributed by atoms with Crippen LogP contribution in [0, 0.1) is 6.92 Å². The lowest BCUT2D eigenvalue weighted by Gasteiger charge is -2.35. The molecule has 1 aliphatic rings. The third-order valence-corrected chi connectivity index (χ3v) is 4.08. The van der Waals surface area contributed by atoms with Crippen LogP contribution in [-0.4, -0.2) is 36.5 Å². The Bertz CT molecular complexity index is 472.